The van der Waals surface area contributed by atoms with Crippen LogP contribution in [-0.2, 0) is 14.3 Å². The molecule has 0 spiro atoms. The van der Waals surface area contributed by atoms with Gasteiger partial charge in [0.05, 0.1) is 25.4 Å². The second kappa shape index (κ2) is 35.1. The van der Waals surface area contributed by atoms with Crippen molar-refractivity contribution in [1.29, 1.82) is 0 Å². The maximum absolute atomic E-state index is 12.9. The number of aliphatic hydroxyl groups is 5. The van der Waals surface area contributed by atoms with Crippen molar-refractivity contribution in [2.24, 2.45) is 0 Å². The fourth-order valence-electron chi connectivity index (χ4n) is 6.91. The van der Waals surface area contributed by atoms with E-state index >= 15 is 0 Å². The number of unbranched alkanes of at least 4 members (excludes halogenated alkanes) is 24. The molecule has 1 aliphatic heterocycles. The lowest BCUT2D eigenvalue weighted by atomic mass is 9.99. The van der Waals surface area contributed by atoms with E-state index < -0.39 is 49.5 Å². The smallest absolute Gasteiger partial charge is 0.220 e. The topological polar surface area (TPSA) is 149 Å². The number of aliphatic hydroxyl groups excluding tert-OH is 5. The minimum atomic E-state index is -1.56. The summed E-state index contributed by atoms with van der Waals surface area (Å²) in [6.07, 6.45) is 34.0. The van der Waals surface area contributed by atoms with Gasteiger partial charge in [-0.25, -0.2) is 0 Å². The van der Waals surface area contributed by atoms with Gasteiger partial charge in [0.2, 0.25) is 5.91 Å². The number of carbonyl (C=O) groups is 1. The van der Waals surface area contributed by atoms with Gasteiger partial charge < -0.3 is 40.3 Å². The van der Waals surface area contributed by atoms with E-state index in [9.17, 15) is 30.3 Å². The van der Waals surface area contributed by atoms with Crippen LogP contribution < -0.4 is 5.32 Å². The van der Waals surface area contributed by atoms with Crippen molar-refractivity contribution in [3.8, 4) is 0 Å². The molecule has 1 saturated heterocycles. The number of ether oxygens (including phenoxy) is 2. The molecule has 0 bridgehead atoms. The molecular formula is C44H83NO8. The van der Waals surface area contributed by atoms with Crippen LogP contribution in [0.4, 0.5) is 0 Å². The van der Waals surface area contributed by atoms with E-state index in [1.54, 1.807) is 6.08 Å². The Bertz CT molecular complexity index is 883. The lowest BCUT2D eigenvalue weighted by Crippen LogP contribution is -2.60. The van der Waals surface area contributed by atoms with E-state index in [1.807, 2.05) is 6.08 Å². The molecule has 53 heavy (non-hydrogen) atoms. The highest BCUT2D eigenvalue weighted by Crippen LogP contribution is 2.22. The van der Waals surface area contributed by atoms with Gasteiger partial charge in [-0.15, -0.1) is 0 Å². The summed E-state index contributed by atoms with van der Waals surface area (Å²) in [5.41, 5.74) is 0. The molecule has 0 radical (unpaired) electrons. The van der Waals surface area contributed by atoms with Gasteiger partial charge >= 0.3 is 0 Å². The predicted molar refractivity (Wildman–Crippen MR) is 217 cm³/mol. The van der Waals surface area contributed by atoms with Gasteiger partial charge in [0.15, 0.2) is 6.29 Å². The Hall–Kier alpha value is -1.33. The van der Waals surface area contributed by atoms with Gasteiger partial charge in [0.25, 0.3) is 0 Å². The molecule has 1 aliphatic rings. The summed E-state index contributed by atoms with van der Waals surface area (Å²) in [7, 11) is 0. The Labute approximate surface area is 324 Å². The minimum absolute atomic E-state index is 0.182. The summed E-state index contributed by atoms with van der Waals surface area (Å²) in [5.74, 6) is -0.182. The van der Waals surface area contributed by atoms with E-state index in [-0.39, 0.29) is 12.5 Å². The number of amides is 1. The van der Waals surface area contributed by atoms with Crippen LogP contribution in [0, 0.1) is 0 Å². The zero-order valence-corrected chi connectivity index (χ0v) is 34.0. The molecule has 1 fully saturated rings. The van der Waals surface area contributed by atoms with E-state index in [0.29, 0.717) is 6.42 Å². The first-order valence-corrected chi connectivity index (χ1v) is 22.1. The average molecular weight is 754 g/mol. The second-order valence-corrected chi connectivity index (χ2v) is 15.5. The number of rotatable bonds is 36. The van der Waals surface area contributed by atoms with Crippen LogP contribution >= 0.6 is 0 Å². The largest absolute Gasteiger partial charge is 0.394 e. The third-order valence-electron chi connectivity index (χ3n) is 10.5. The Morgan fingerprint density at radius 3 is 1.53 bits per heavy atom. The molecule has 7 atom stereocenters. The summed E-state index contributed by atoms with van der Waals surface area (Å²) in [4.78, 5) is 12.9. The summed E-state index contributed by atoms with van der Waals surface area (Å²) in [6, 6.07) is -0.799. The quantitative estimate of drug-likeness (QED) is 0.0275. The molecule has 1 amide bonds. The third-order valence-corrected chi connectivity index (χ3v) is 10.5. The van der Waals surface area contributed by atoms with Crippen molar-refractivity contribution in [3.05, 3.63) is 24.3 Å². The van der Waals surface area contributed by atoms with Crippen molar-refractivity contribution < 1.29 is 39.8 Å². The molecule has 9 heteroatoms. The lowest BCUT2D eigenvalue weighted by Gasteiger charge is -2.40. The van der Waals surface area contributed by atoms with Gasteiger partial charge in [-0.3, -0.25) is 4.79 Å². The van der Waals surface area contributed by atoms with Crippen molar-refractivity contribution in [2.45, 2.75) is 236 Å². The first-order chi connectivity index (χ1) is 25.8. The Balaban J connectivity index is 2.21. The van der Waals surface area contributed by atoms with Crippen molar-refractivity contribution in [3.63, 3.8) is 0 Å². The number of carbonyl (C=O) groups excluding carboxylic acids is 1. The standard InChI is InChI=1S/C44H83NO8/c1-3-5-7-9-11-12-13-14-15-16-17-18-19-20-21-22-23-24-25-26-28-30-32-34-40(48)45-37(38(47)33-31-29-27-10-8-6-4-2)36-52-44-43(51)42(50)41(49)39(35-46)53-44/h16-17,31,33,37-39,41-44,46-47,49-51H,3-15,18-30,32,34-36H2,1-2H3,(H,45,48)/b17-16-,33-31+. The number of hydrogen-bond acceptors (Lipinski definition) is 8. The molecule has 0 aliphatic carbocycles. The van der Waals surface area contributed by atoms with Crippen molar-refractivity contribution in [1.82, 2.24) is 5.32 Å². The van der Waals surface area contributed by atoms with Crippen molar-refractivity contribution in [2.75, 3.05) is 13.2 Å². The molecule has 0 aromatic carbocycles. The van der Waals surface area contributed by atoms with E-state index in [0.717, 1.165) is 38.5 Å². The first kappa shape index (κ1) is 49.7. The van der Waals surface area contributed by atoms with Gasteiger partial charge in [-0.2, -0.15) is 0 Å². The van der Waals surface area contributed by atoms with Crippen LogP contribution in [0.15, 0.2) is 24.3 Å². The van der Waals surface area contributed by atoms with Gasteiger partial charge in [0, 0.05) is 6.42 Å². The lowest BCUT2D eigenvalue weighted by molar-refractivity contribution is -0.302. The molecular weight excluding hydrogens is 670 g/mol. The molecule has 6 N–H and O–H groups in total. The van der Waals surface area contributed by atoms with Crippen LogP contribution in [0.1, 0.15) is 194 Å². The SMILES string of the molecule is CCCCCCC/C=C/C(O)C(COC1OC(CO)C(O)C(O)C1O)NC(=O)CCCCCCCCCCCCC/C=C\CCCCCCCCCC. The molecule has 0 aromatic rings. The molecule has 7 unspecified atom stereocenters. The molecule has 1 heterocycles. The highest BCUT2D eigenvalue weighted by Gasteiger charge is 2.44. The fraction of sp³-hybridized carbons (Fsp3) is 0.886. The highest BCUT2D eigenvalue weighted by molar-refractivity contribution is 5.76. The molecule has 0 saturated carbocycles. The Morgan fingerprint density at radius 2 is 1.06 bits per heavy atom. The molecule has 1 rings (SSSR count). The van der Waals surface area contributed by atoms with E-state index in [2.05, 4.69) is 31.3 Å². The Morgan fingerprint density at radius 1 is 0.623 bits per heavy atom. The summed E-state index contributed by atoms with van der Waals surface area (Å²) in [6.45, 7) is 3.70. The second-order valence-electron chi connectivity index (χ2n) is 15.5. The van der Waals surface area contributed by atoms with Crippen LogP contribution in [-0.4, -0.2) is 87.5 Å². The van der Waals surface area contributed by atoms with Crippen molar-refractivity contribution >= 4 is 5.91 Å². The van der Waals surface area contributed by atoms with Gasteiger partial charge in [-0.05, 0) is 44.9 Å². The molecule has 0 aromatic heterocycles. The first-order valence-electron chi connectivity index (χ1n) is 22.1. The van der Waals surface area contributed by atoms with Crippen LogP contribution in [0.25, 0.3) is 0 Å². The number of hydrogen-bond donors (Lipinski definition) is 6. The minimum Gasteiger partial charge on any atom is -0.394 e. The number of nitrogens with one attached hydrogen (secondary N) is 1. The number of allylic oxidation sites excluding steroid dienone is 3. The normalized spacial score (nSPS) is 21.8. The maximum atomic E-state index is 12.9. The zero-order chi connectivity index (χ0) is 38.8. The monoisotopic (exact) mass is 754 g/mol. The average Bonchev–Trinajstić information content (AvgIpc) is 3.16. The van der Waals surface area contributed by atoms with Crippen LogP contribution in [0.2, 0.25) is 0 Å². The van der Waals surface area contributed by atoms with E-state index in [1.165, 1.54) is 135 Å². The fourth-order valence-corrected chi connectivity index (χ4v) is 6.91. The molecule has 312 valence electrons. The zero-order valence-electron chi connectivity index (χ0n) is 34.0. The summed E-state index contributed by atoms with van der Waals surface area (Å²) in [5, 5.41) is 53.8. The van der Waals surface area contributed by atoms with Crippen LogP contribution in [0.3, 0.4) is 0 Å². The van der Waals surface area contributed by atoms with E-state index in [4.69, 9.17) is 9.47 Å². The maximum Gasteiger partial charge on any atom is 0.220 e. The van der Waals surface area contributed by atoms with Crippen LogP contribution in [0.5, 0.6) is 0 Å². The predicted octanol–water partition coefficient (Wildman–Crippen LogP) is 8.72. The molecule has 9 nitrogen and oxygen atoms in total. The highest BCUT2D eigenvalue weighted by atomic mass is 16.7. The Kier molecular flexibility index (Phi) is 32.9. The summed E-state index contributed by atoms with van der Waals surface area (Å²) < 4.78 is 11.1. The van der Waals surface area contributed by atoms with Gasteiger partial charge in [0.1, 0.15) is 24.4 Å². The summed E-state index contributed by atoms with van der Waals surface area (Å²) >= 11 is 0. The third kappa shape index (κ3) is 26.2. The van der Waals surface area contributed by atoms with Gasteiger partial charge in [-0.1, -0.05) is 167 Å².